The summed E-state index contributed by atoms with van der Waals surface area (Å²) in [6.45, 7) is 14.4. The Bertz CT molecular complexity index is 1330. The Morgan fingerprint density at radius 3 is 2.02 bits per heavy atom. The number of primary amides is 1. The Morgan fingerprint density at radius 1 is 0.956 bits per heavy atom. The second kappa shape index (κ2) is 13.1. The van der Waals surface area contributed by atoms with E-state index in [0.29, 0.717) is 5.75 Å². The number of fused-ring (bicyclic) bond motifs is 1. The quantitative estimate of drug-likeness (QED) is 0.210. The van der Waals surface area contributed by atoms with Crippen LogP contribution in [0.25, 0.3) is 0 Å². The lowest BCUT2D eigenvalue weighted by atomic mass is 9.85. The third kappa shape index (κ3) is 8.12. The van der Waals surface area contributed by atoms with Crippen LogP contribution in [0.1, 0.15) is 61.0 Å². The predicted octanol–water partition coefficient (Wildman–Crippen LogP) is 1.52. The summed E-state index contributed by atoms with van der Waals surface area (Å²) in [5.74, 6) is -3.26. The molecule has 1 saturated carbocycles. The van der Waals surface area contributed by atoms with Gasteiger partial charge in [0, 0.05) is 6.54 Å². The van der Waals surface area contributed by atoms with Gasteiger partial charge < -0.3 is 36.1 Å². The largest absolute Gasteiger partial charge is 0.497 e. The smallest absolute Gasteiger partial charge is 0.329 e. The fourth-order valence-electron chi connectivity index (χ4n) is 5.88. The van der Waals surface area contributed by atoms with E-state index in [1.165, 1.54) is 4.90 Å². The van der Waals surface area contributed by atoms with E-state index < -0.39 is 71.0 Å². The molecular formula is C32H47N5O8. The Hall–Kier alpha value is -4.16. The summed E-state index contributed by atoms with van der Waals surface area (Å²) >= 11 is 0. The van der Waals surface area contributed by atoms with Crippen molar-refractivity contribution in [3.05, 3.63) is 29.8 Å². The van der Waals surface area contributed by atoms with Gasteiger partial charge in [-0.2, -0.15) is 0 Å². The first-order valence-corrected chi connectivity index (χ1v) is 15.0. The zero-order valence-electron chi connectivity index (χ0n) is 27.6. The van der Waals surface area contributed by atoms with Gasteiger partial charge in [-0.1, -0.05) is 67.5 Å². The molecule has 1 aliphatic carbocycles. The Kier molecular flexibility index (Phi) is 10.2. The van der Waals surface area contributed by atoms with E-state index in [-0.39, 0.29) is 30.4 Å². The summed E-state index contributed by atoms with van der Waals surface area (Å²) in [5, 5.41) is 7.88. The maximum atomic E-state index is 14.0. The second-order valence-electron chi connectivity index (χ2n) is 14.6. The lowest BCUT2D eigenvalue weighted by Crippen LogP contribution is -2.62. The third-order valence-corrected chi connectivity index (χ3v) is 8.76. The van der Waals surface area contributed by atoms with Gasteiger partial charge in [0.25, 0.3) is 5.91 Å². The molecule has 2 aliphatic rings. The Morgan fingerprint density at radius 2 is 1.51 bits per heavy atom. The number of piperidine rings is 1. The van der Waals surface area contributed by atoms with E-state index in [1.807, 2.05) is 13.8 Å². The maximum absolute atomic E-state index is 14.0. The summed E-state index contributed by atoms with van der Waals surface area (Å²) in [6.07, 6.45) is 0. The summed E-state index contributed by atoms with van der Waals surface area (Å²) in [5.41, 5.74) is 4.03. The number of hydrogen-bond donors (Lipinski definition) is 4. The minimum Gasteiger partial charge on any atom is -0.497 e. The highest BCUT2D eigenvalue weighted by atomic mass is 16.5. The van der Waals surface area contributed by atoms with Gasteiger partial charge in [0.05, 0.1) is 13.7 Å². The maximum Gasteiger partial charge on any atom is 0.329 e. The molecule has 1 aromatic carbocycles. The molecule has 2 fully saturated rings. The predicted molar refractivity (Wildman–Crippen MR) is 164 cm³/mol. The van der Waals surface area contributed by atoms with Crippen LogP contribution in [0, 0.1) is 28.1 Å². The molecule has 5 atom stereocenters. The van der Waals surface area contributed by atoms with Crippen LogP contribution in [0.5, 0.6) is 5.75 Å². The molecule has 0 unspecified atom stereocenters. The summed E-state index contributed by atoms with van der Waals surface area (Å²) in [4.78, 5) is 78.2. The standard InChI is InChI=1S/C32H47N5O8/c1-30(2,3)23(27(41)37-15-19-21(32(19,7)8)22(37)26(40)34-14-20(38)25(33)39)35-29(43)36-24(31(4,5)6)28(42)45-16-17-10-12-18(44-9)13-11-17/h10-13,19,21-24H,14-16H2,1-9H3,(H2,33,39)(H,34,40)(H2,35,36,43)/t19-,21-,22-,23+,24+/m0/s1. The van der Waals surface area contributed by atoms with E-state index >= 15 is 0 Å². The molecule has 1 aromatic rings. The van der Waals surface area contributed by atoms with Crippen LogP contribution in [0.4, 0.5) is 4.79 Å². The van der Waals surface area contributed by atoms with Crippen LogP contribution in [-0.4, -0.2) is 78.7 Å². The number of hydrogen-bond acceptors (Lipinski definition) is 8. The van der Waals surface area contributed by atoms with Crippen LogP contribution < -0.4 is 26.4 Å². The average molecular weight is 630 g/mol. The fraction of sp³-hybridized carbons (Fsp3) is 0.625. The normalized spacial score (nSPS) is 21.4. The summed E-state index contributed by atoms with van der Waals surface area (Å²) < 4.78 is 10.7. The number of ketones is 1. The van der Waals surface area contributed by atoms with Gasteiger partial charge in [-0.05, 0) is 45.8 Å². The fourth-order valence-corrected chi connectivity index (χ4v) is 5.88. The van der Waals surface area contributed by atoms with Gasteiger partial charge in [-0.15, -0.1) is 0 Å². The minimum atomic E-state index is -1.17. The Balaban J connectivity index is 1.74. The van der Waals surface area contributed by atoms with E-state index in [9.17, 15) is 28.8 Å². The number of benzene rings is 1. The highest BCUT2D eigenvalue weighted by Gasteiger charge is 2.69. The molecule has 5 N–H and O–H groups in total. The van der Waals surface area contributed by atoms with Crippen molar-refractivity contribution < 1.29 is 38.2 Å². The summed E-state index contributed by atoms with van der Waals surface area (Å²) in [6, 6.07) is 3.27. The third-order valence-electron chi connectivity index (χ3n) is 8.76. The van der Waals surface area contributed by atoms with Crippen LogP contribution in [0.2, 0.25) is 0 Å². The van der Waals surface area contributed by atoms with Gasteiger partial charge in [-0.3, -0.25) is 19.2 Å². The number of methoxy groups -OCH3 is 1. The first-order chi connectivity index (χ1) is 20.7. The number of carbonyl (C=O) groups is 6. The number of nitrogens with two attached hydrogens (primary N) is 1. The van der Waals surface area contributed by atoms with E-state index in [0.717, 1.165) is 5.56 Å². The van der Waals surface area contributed by atoms with Crippen molar-refractivity contribution in [1.82, 2.24) is 20.9 Å². The first-order valence-electron chi connectivity index (χ1n) is 15.0. The first kappa shape index (κ1) is 35.3. The number of Topliss-reactive ketones (excluding diaryl/α,β-unsaturated/α-hetero) is 1. The number of nitrogens with one attached hydrogen (secondary N) is 3. The number of urea groups is 1. The van der Waals surface area contributed by atoms with Crippen molar-refractivity contribution in [3.63, 3.8) is 0 Å². The van der Waals surface area contributed by atoms with E-state index in [4.69, 9.17) is 15.2 Å². The van der Waals surface area contributed by atoms with Crippen LogP contribution in [0.3, 0.4) is 0 Å². The van der Waals surface area contributed by atoms with Crippen molar-refractivity contribution in [2.24, 2.45) is 33.8 Å². The van der Waals surface area contributed by atoms with Crippen LogP contribution in [-0.2, 0) is 35.3 Å². The van der Waals surface area contributed by atoms with Gasteiger partial charge in [-0.25, -0.2) is 9.59 Å². The second-order valence-corrected chi connectivity index (χ2v) is 14.6. The highest BCUT2D eigenvalue weighted by molar-refractivity contribution is 6.36. The molecule has 0 spiro atoms. The monoisotopic (exact) mass is 629 g/mol. The number of esters is 1. The van der Waals surface area contributed by atoms with Gasteiger partial charge in [0.1, 0.15) is 30.5 Å². The van der Waals surface area contributed by atoms with Crippen molar-refractivity contribution in [2.45, 2.75) is 80.1 Å². The zero-order chi connectivity index (χ0) is 34.1. The zero-order valence-corrected chi connectivity index (χ0v) is 27.6. The molecule has 13 nitrogen and oxygen atoms in total. The van der Waals surface area contributed by atoms with Crippen molar-refractivity contribution in [2.75, 3.05) is 20.2 Å². The number of amides is 5. The van der Waals surface area contributed by atoms with Gasteiger partial charge in [0.2, 0.25) is 17.6 Å². The SMILES string of the molecule is COc1ccc(COC(=O)[C@@H](NC(=O)N[C@H](C(=O)N2C[C@H]3[C@@H]([C@H]2C(=O)NCC(=O)C(N)=O)C3(C)C)C(C)(C)C)C(C)(C)C)cc1. The van der Waals surface area contributed by atoms with E-state index in [2.05, 4.69) is 16.0 Å². The van der Waals surface area contributed by atoms with Gasteiger partial charge >= 0.3 is 12.0 Å². The molecule has 45 heavy (non-hydrogen) atoms. The summed E-state index contributed by atoms with van der Waals surface area (Å²) in [7, 11) is 1.55. The number of ether oxygens (including phenoxy) is 2. The average Bonchev–Trinajstić information content (AvgIpc) is 3.26. The molecule has 5 amide bonds. The molecular weight excluding hydrogens is 582 g/mol. The molecule has 0 bridgehead atoms. The molecule has 1 saturated heterocycles. The molecule has 248 valence electrons. The minimum absolute atomic E-state index is 0.00998. The molecule has 3 rings (SSSR count). The lowest BCUT2D eigenvalue weighted by Gasteiger charge is -2.38. The highest BCUT2D eigenvalue weighted by Crippen LogP contribution is 2.65. The van der Waals surface area contributed by atoms with Crippen molar-refractivity contribution in [1.29, 1.82) is 0 Å². The molecule has 13 heteroatoms. The van der Waals surface area contributed by atoms with Crippen molar-refractivity contribution in [3.8, 4) is 5.75 Å². The van der Waals surface area contributed by atoms with E-state index in [1.54, 1.807) is 72.9 Å². The molecule has 1 heterocycles. The Labute approximate surface area is 264 Å². The lowest BCUT2D eigenvalue weighted by molar-refractivity contribution is -0.150. The van der Waals surface area contributed by atoms with Crippen LogP contribution >= 0.6 is 0 Å². The molecule has 0 aromatic heterocycles. The number of likely N-dealkylation sites (tertiary alicyclic amines) is 1. The number of rotatable bonds is 11. The topological polar surface area (TPSA) is 186 Å². The molecule has 1 aliphatic heterocycles. The van der Waals surface area contributed by atoms with Crippen molar-refractivity contribution >= 4 is 35.5 Å². The number of nitrogens with zero attached hydrogens (tertiary/aromatic N) is 1. The number of carbonyl (C=O) groups excluding carboxylic acids is 6. The van der Waals surface area contributed by atoms with Crippen LogP contribution in [0.15, 0.2) is 24.3 Å². The molecule has 0 radical (unpaired) electrons. The van der Waals surface area contributed by atoms with Gasteiger partial charge in [0.15, 0.2) is 0 Å².